The van der Waals surface area contributed by atoms with Crippen LogP contribution in [0, 0.1) is 0 Å². The monoisotopic (exact) mass is 614 g/mol. The molecule has 0 bridgehead atoms. The summed E-state index contributed by atoms with van der Waals surface area (Å²) in [7, 11) is -1.16. The van der Waals surface area contributed by atoms with Crippen molar-refractivity contribution in [2.45, 2.75) is 32.4 Å². The molecule has 2 amide bonds. The van der Waals surface area contributed by atoms with Gasteiger partial charge in [-0.2, -0.15) is 12.7 Å². The average molecular weight is 616 g/mol. The summed E-state index contributed by atoms with van der Waals surface area (Å²) in [4.78, 5) is 29.1. The molecule has 208 valence electrons. The number of nitrogens with zero attached hydrogens (tertiary/aromatic N) is 3. The highest BCUT2D eigenvalue weighted by Crippen LogP contribution is 2.22. The number of amides is 2. The number of hydrogen-bond donors (Lipinski definition) is 1. The number of nitrogens with one attached hydrogen (secondary N) is 1. The maximum atomic E-state index is 14.1. The molecule has 1 N–H and O–H groups in total. The predicted octanol–water partition coefficient (Wildman–Crippen LogP) is 4.23. The lowest BCUT2D eigenvalue weighted by Crippen LogP contribution is -2.54. The van der Waals surface area contributed by atoms with E-state index < -0.39 is 28.7 Å². The van der Waals surface area contributed by atoms with Gasteiger partial charge >= 0.3 is 10.2 Å². The Morgan fingerprint density at radius 1 is 0.897 bits per heavy atom. The first kappa shape index (κ1) is 30.3. The number of carbonyl (C=O) groups is 2. The van der Waals surface area contributed by atoms with Crippen LogP contribution in [-0.4, -0.2) is 62.7 Å². The molecule has 0 aromatic heterocycles. The van der Waals surface area contributed by atoms with Crippen LogP contribution in [0.3, 0.4) is 0 Å². The molecule has 1 atom stereocenters. The molecule has 0 saturated carbocycles. The first-order valence-electron chi connectivity index (χ1n) is 12.7. The Morgan fingerprint density at radius 2 is 1.51 bits per heavy atom. The van der Waals surface area contributed by atoms with Crippen molar-refractivity contribution in [1.82, 2.24) is 14.5 Å². The van der Waals surface area contributed by atoms with Gasteiger partial charge in [0, 0.05) is 38.1 Å². The highest BCUT2D eigenvalue weighted by atomic mass is 79.9. The molecular formula is C29H35BrN4O4S. The predicted molar refractivity (Wildman–Crippen MR) is 158 cm³/mol. The summed E-state index contributed by atoms with van der Waals surface area (Å²) in [6.45, 7) is 2.08. The van der Waals surface area contributed by atoms with Crippen molar-refractivity contribution >= 4 is 43.6 Å². The van der Waals surface area contributed by atoms with Crippen LogP contribution in [0.5, 0.6) is 0 Å². The molecule has 39 heavy (non-hydrogen) atoms. The van der Waals surface area contributed by atoms with Crippen molar-refractivity contribution in [3.8, 4) is 0 Å². The highest BCUT2D eigenvalue weighted by Gasteiger charge is 2.34. The maximum Gasteiger partial charge on any atom is 0.304 e. The number of anilines is 1. The number of para-hydroxylation sites is 1. The van der Waals surface area contributed by atoms with Gasteiger partial charge in [0.15, 0.2) is 0 Å². The van der Waals surface area contributed by atoms with E-state index in [1.165, 1.54) is 19.0 Å². The minimum atomic E-state index is -4.01. The topological polar surface area (TPSA) is 90.0 Å². The van der Waals surface area contributed by atoms with E-state index in [-0.39, 0.29) is 18.9 Å². The third-order valence-corrected chi connectivity index (χ3v) is 8.44. The minimum Gasteiger partial charge on any atom is -0.354 e. The van der Waals surface area contributed by atoms with Crippen molar-refractivity contribution in [2.24, 2.45) is 0 Å². The number of benzene rings is 3. The Kier molecular flexibility index (Phi) is 11.1. The molecule has 0 aliphatic rings. The molecule has 3 rings (SSSR count). The van der Waals surface area contributed by atoms with Crippen LogP contribution in [0.15, 0.2) is 89.4 Å². The fourth-order valence-electron chi connectivity index (χ4n) is 4.06. The summed E-state index contributed by atoms with van der Waals surface area (Å²) in [5.41, 5.74) is 2.06. The Bertz CT molecular complexity index is 1340. The lowest BCUT2D eigenvalue weighted by molar-refractivity contribution is -0.140. The molecule has 0 heterocycles. The van der Waals surface area contributed by atoms with Crippen molar-refractivity contribution in [2.75, 3.05) is 31.5 Å². The van der Waals surface area contributed by atoms with E-state index in [1.807, 2.05) is 61.5 Å². The van der Waals surface area contributed by atoms with Gasteiger partial charge < -0.3 is 10.2 Å². The molecule has 0 saturated heterocycles. The molecule has 0 unspecified atom stereocenters. The van der Waals surface area contributed by atoms with Gasteiger partial charge in [-0.1, -0.05) is 83.5 Å². The lowest BCUT2D eigenvalue weighted by Gasteiger charge is -2.34. The summed E-state index contributed by atoms with van der Waals surface area (Å²) in [6, 6.07) is 24.6. The zero-order chi connectivity index (χ0) is 28.4. The van der Waals surface area contributed by atoms with Crippen LogP contribution in [-0.2, 0) is 32.8 Å². The van der Waals surface area contributed by atoms with E-state index in [0.717, 1.165) is 30.6 Å². The van der Waals surface area contributed by atoms with Crippen molar-refractivity contribution in [1.29, 1.82) is 0 Å². The molecule has 3 aromatic rings. The molecule has 0 radical (unpaired) electrons. The van der Waals surface area contributed by atoms with Crippen LogP contribution in [0.4, 0.5) is 5.69 Å². The third-order valence-electron chi connectivity index (χ3n) is 6.13. The van der Waals surface area contributed by atoms with Crippen molar-refractivity contribution < 1.29 is 18.0 Å². The largest absolute Gasteiger partial charge is 0.354 e. The van der Waals surface area contributed by atoms with E-state index in [4.69, 9.17) is 0 Å². The fraction of sp³-hybridized carbons (Fsp3) is 0.310. The second-order valence-electron chi connectivity index (χ2n) is 9.28. The number of hydrogen-bond acceptors (Lipinski definition) is 4. The molecular weight excluding hydrogens is 580 g/mol. The zero-order valence-corrected chi connectivity index (χ0v) is 24.9. The van der Waals surface area contributed by atoms with E-state index in [0.29, 0.717) is 12.2 Å². The normalized spacial score (nSPS) is 12.1. The van der Waals surface area contributed by atoms with Gasteiger partial charge in [-0.3, -0.25) is 9.59 Å². The Balaban J connectivity index is 2.06. The summed E-state index contributed by atoms with van der Waals surface area (Å²) < 4.78 is 29.6. The first-order chi connectivity index (χ1) is 18.6. The molecule has 3 aromatic carbocycles. The average Bonchev–Trinajstić information content (AvgIpc) is 2.93. The first-order valence-corrected chi connectivity index (χ1v) is 14.9. The van der Waals surface area contributed by atoms with Crippen LogP contribution in [0.25, 0.3) is 0 Å². The SMILES string of the molecule is CCCNC(=O)[C@@H](Cc1ccccc1)N(Cc1cccc(Br)c1)C(=O)CN(c1ccccc1)S(=O)(=O)N(C)C. The zero-order valence-electron chi connectivity index (χ0n) is 22.5. The van der Waals surface area contributed by atoms with Crippen LogP contribution in [0.2, 0.25) is 0 Å². The molecule has 0 aliphatic carbocycles. The summed E-state index contributed by atoms with van der Waals surface area (Å²) in [6.07, 6.45) is 1.02. The molecule has 0 fully saturated rings. The van der Waals surface area contributed by atoms with E-state index in [2.05, 4.69) is 21.2 Å². The summed E-state index contributed by atoms with van der Waals surface area (Å²) >= 11 is 3.48. The van der Waals surface area contributed by atoms with Gasteiger partial charge in [0.25, 0.3) is 0 Å². The van der Waals surface area contributed by atoms with Gasteiger partial charge in [0.05, 0.1) is 5.69 Å². The van der Waals surface area contributed by atoms with E-state index in [9.17, 15) is 18.0 Å². The quantitative estimate of drug-likeness (QED) is 0.312. The minimum absolute atomic E-state index is 0.125. The van der Waals surface area contributed by atoms with Gasteiger partial charge in [-0.25, -0.2) is 4.31 Å². The third kappa shape index (κ3) is 8.39. The smallest absolute Gasteiger partial charge is 0.304 e. The lowest BCUT2D eigenvalue weighted by atomic mass is 10.0. The molecule has 0 aliphatic heterocycles. The van der Waals surface area contributed by atoms with Gasteiger partial charge in [0.2, 0.25) is 11.8 Å². The standard InChI is InChI=1S/C29H35BrN4O4S/c1-4-18-31-29(36)27(20-23-12-7-5-8-13-23)33(21-24-14-11-15-25(30)19-24)28(35)22-34(39(37,38)32(2)3)26-16-9-6-10-17-26/h5-17,19,27H,4,18,20-22H2,1-3H3,(H,31,36)/t27-/m1/s1. The van der Waals surface area contributed by atoms with E-state index >= 15 is 0 Å². The van der Waals surface area contributed by atoms with Crippen molar-refractivity contribution in [3.05, 3.63) is 101 Å². The summed E-state index contributed by atoms with van der Waals surface area (Å²) in [5, 5.41) is 2.94. The van der Waals surface area contributed by atoms with Gasteiger partial charge in [0.1, 0.15) is 12.6 Å². The van der Waals surface area contributed by atoms with E-state index in [1.54, 1.807) is 30.3 Å². The van der Waals surface area contributed by atoms with Crippen LogP contribution in [0.1, 0.15) is 24.5 Å². The highest BCUT2D eigenvalue weighted by molar-refractivity contribution is 9.10. The molecule has 8 nitrogen and oxygen atoms in total. The Labute approximate surface area is 239 Å². The number of carbonyl (C=O) groups excluding carboxylic acids is 2. The molecule has 0 spiro atoms. The number of halogens is 1. The second-order valence-corrected chi connectivity index (χ2v) is 12.3. The van der Waals surface area contributed by atoms with Crippen molar-refractivity contribution in [3.63, 3.8) is 0 Å². The Morgan fingerprint density at radius 3 is 2.10 bits per heavy atom. The van der Waals surface area contributed by atoms with Gasteiger partial charge in [-0.05, 0) is 41.8 Å². The van der Waals surface area contributed by atoms with Crippen LogP contribution < -0.4 is 9.62 Å². The number of rotatable bonds is 13. The van der Waals surface area contributed by atoms with Gasteiger partial charge in [-0.15, -0.1) is 0 Å². The summed E-state index contributed by atoms with van der Waals surface area (Å²) in [5.74, 6) is -0.775. The molecule has 10 heteroatoms. The fourth-order valence-corrected chi connectivity index (χ4v) is 5.57. The second kappa shape index (κ2) is 14.3. The van der Waals surface area contributed by atoms with Crippen LogP contribution >= 0.6 is 15.9 Å². The maximum absolute atomic E-state index is 14.1. The Hall–Kier alpha value is -3.21.